The van der Waals surface area contributed by atoms with E-state index in [1.807, 2.05) is 0 Å². The highest BCUT2D eigenvalue weighted by Gasteiger charge is 2.29. The number of benzene rings is 1. The second-order valence-corrected chi connectivity index (χ2v) is 4.27. The summed E-state index contributed by atoms with van der Waals surface area (Å²) in [4.78, 5) is 34.1. The Morgan fingerprint density at radius 2 is 1.70 bits per heavy atom. The van der Waals surface area contributed by atoms with Crippen LogP contribution in [0.25, 0.3) is 0 Å². The van der Waals surface area contributed by atoms with Gasteiger partial charge in [-0.05, 0) is 12.1 Å². The lowest BCUT2D eigenvalue weighted by Gasteiger charge is -2.24. The zero-order chi connectivity index (χ0) is 15.3. The maximum Gasteiger partial charge on any atom is 0.342 e. The molecule has 6 heteroatoms. The van der Waals surface area contributed by atoms with Gasteiger partial charge in [0.05, 0.1) is 11.1 Å². The van der Waals surface area contributed by atoms with Crippen LogP contribution in [0.1, 0.15) is 34.6 Å². The van der Waals surface area contributed by atoms with Crippen LogP contribution in [0.3, 0.4) is 0 Å². The van der Waals surface area contributed by atoms with E-state index in [1.165, 1.54) is 38.1 Å². The van der Waals surface area contributed by atoms with E-state index in [1.54, 1.807) is 0 Å². The van der Waals surface area contributed by atoms with Gasteiger partial charge >= 0.3 is 17.9 Å². The summed E-state index contributed by atoms with van der Waals surface area (Å²) >= 11 is 0. The summed E-state index contributed by atoms with van der Waals surface area (Å²) in [7, 11) is 0. The van der Waals surface area contributed by atoms with Crippen LogP contribution in [-0.4, -0.2) is 28.8 Å². The largest absolute Gasteiger partial charge is 0.478 e. The van der Waals surface area contributed by atoms with Crippen molar-refractivity contribution in [3.05, 3.63) is 48.0 Å². The molecule has 1 aromatic carbocycles. The van der Waals surface area contributed by atoms with Crippen LogP contribution in [0.5, 0.6) is 0 Å². The van der Waals surface area contributed by atoms with Crippen molar-refractivity contribution in [2.75, 3.05) is 0 Å². The summed E-state index contributed by atoms with van der Waals surface area (Å²) in [5.41, 5.74) is -0.314. The van der Waals surface area contributed by atoms with Crippen molar-refractivity contribution in [1.29, 1.82) is 0 Å². The zero-order valence-electron chi connectivity index (χ0n) is 11.1. The third-order valence-corrected chi connectivity index (χ3v) is 2.23. The number of hydrogen-bond acceptors (Lipinski definition) is 5. The molecule has 0 fully saturated rings. The van der Waals surface area contributed by atoms with E-state index in [2.05, 4.69) is 6.58 Å². The Labute approximate surface area is 115 Å². The van der Waals surface area contributed by atoms with Crippen molar-refractivity contribution < 1.29 is 29.0 Å². The van der Waals surface area contributed by atoms with E-state index in [0.29, 0.717) is 0 Å². The third kappa shape index (κ3) is 3.94. The average Bonchev–Trinajstić information content (AvgIpc) is 2.37. The number of carbonyl (C=O) groups excluding carboxylic acids is 2. The Bertz CT molecular complexity index is 559. The summed E-state index contributed by atoms with van der Waals surface area (Å²) in [6.07, 6.45) is 0.931. The van der Waals surface area contributed by atoms with E-state index < -0.39 is 23.7 Å². The molecular formula is C14H14O6. The molecule has 0 saturated carbocycles. The van der Waals surface area contributed by atoms with Gasteiger partial charge in [-0.1, -0.05) is 18.7 Å². The van der Waals surface area contributed by atoms with Gasteiger partial charge in [0.1, 0.15) is 0 Å². The summed E-state index contributed by atoms with van der Waals surface area (Å²) in [6.45, 7) is 5.94. The second-order valence-electron chi connectivity index (χ2n) is 4.27. The fourth-order valence-corrected chi connectivity index (χ4v) is 1.43. The van der Waals surface area contributed by atoms with Crippen molar-refractivity contribution >= 4 is 17.9 Å². The fraction of sp³-hybridized carbons (Fsp3) is 0.214. The predicted molar refractivity (Wildman–Crippen MR) is 69.2 cm³/mol. The van der Waals surface area contributed by atoms with Crippen LogP contribution in [0.4, 0.5) is 0 Å². The molecule has 0 aromatic heterocycles. The summed E-state index contributed by atoms with van der Waals surface area (Å²) < 4.78 is 9.83. The van der Waals surface area contributed by atoms with Gasteiger partial charge in [-0.2, -0.15) is 0 Å². The Balaban J connectivity index is 2.94. The standard InChI is InChI=1S/C14H14O6/c1-4-11(15)19-14(2,3)20-13(18)10-8-6-5-7-9(10)12(16)17/h4-8H,1H2,2-3H3,(H,16,17). The maximum absolute atomic E-state index is 12.0. The number of hydrogen-bond donors (Lipinski definition) is 1. The lowest BCUT2D eigenvalue weighted by Crippen LogP contribution is -2.33. The van der Waals surface area contributed by atoms with Crippen LogP contribution in [0, 0.1) is 0 Å². The second kappa shape index (κ2) is 6.01. The van der Waals surface area contributed by atoms with E-state index in [-0.39, 0.29) is 11.1 Å². The number of carboxylic acid groups (broad SMARTS) is 1. The molecule has 1 rings (SSSR count). The number of ether oxygens (including phenoxy) is 2. The molecule has 20 heavy (non-hydrogen) atoms. The molecule has 0 bridgehead atoms. The van der Waals surface area contributed by atoms with Gasteiger partial charge in [0.25, 0.3) is 5.79 Å². The molecular weight excluding hydrogens is 264 g/mol. The molecule has 0 aliphatic heterocycles. The highest BCUT2D eigenvalue weighted by Crippen LogP contribution is 2.17. The van der Waals surface area contributed by atoms with Gasteiger partial charge < -0.3 is 14.6 Å². The molecule has 0 spiro atoms. The van der Waals surface area contributed by atoms with Gasteiger partial charge in [-0.15, -0.1) is 0 Å². The predicted octanol–water partition coefficient (Wildman–Crippen LogP) is 2.01. The minimum absolute atomic E-state index is 0.122. The Hall–Kier alpha value is -2.63. The molecule has 0 aliphatic carbocycles. The first-order valence-electron chi connectivity index (χ1n) is 5.68. The van der Waals surface area contributed by atoms with Gasteiger partial charge in [0.15, 0.2) is 0 Å². The van der Waals surface area contributed by atoms with Gasteiger partial charge in [-0.25, -0.2) is 14.4 Å². The van der Waals surface area contributed by atoms with Crippen LogP contribution < -0.4 is 0 Å². The van der Waals surface area contributed by atoms with Crippen molar-refractivity contribution in [2.24, 2.45) is 0 Å². The molecule has 0 amide bonds. The first kappa shape index (κ1) is 15.4. The lowest BCUT2D eigenvalue weighted by atomic mass is 10.1. The topological polar surface area (TPSA) is 89.9 Å². The van der Waals surface area contributed by atoms with E-state index in [0.717, 1.165) is 6.08 Å². The highest BCUT2D eigenvalue weighted by molar-refractivity contribution is 6.02. The molecule has 0 unspecified atom stereocenters. The zero-order valence-corrected chi connectivity index (χ0v) is 11.1. The monoisotopic (exact) mass is 278 g/mol. The molecule has 0 aliphatic rings. The van der Waals surface area contributed by atoms with Crippen LogP contribution in [-0.2, 0) is 14.3 Å². The molecule has 1 aromatic rings. The Kier molecular flexibility index (Phi) is 4.63. The number of esters is 2. The smallest absolute Gasteiger partial charge is 0.342 e. The lowest BCUT2D eigenvalue weighted by molar-refractivity contribution is -0.190. The average molecular weight is 278 g/mol. The van der Waals surface area contributed by atoms with Crippen LogP contribution >= 0.6 is 0 Å². The first-order valence-corrected chi connectivity index (χ1v) is 5.68. The van der Waals surface area contributed by atoms with E-state index in [4.69, 9.17) is 14.6 Å². The molecule has 0 radical (unpaired) electrons. The first-order chi connectivity index (χ1) is 9.26. The molecule has 1 N–H and O–H groups in total. The summed E-state index contributed by atoms with van der Waals surface area (Å²) in [5, 5.41) is 8.99. The molecule has 6 nitrogen and oxygen atoms in total. The Morgan fingerprint density at radius 1 is 1.15 bits per heavy atom. The minimum atomic E-state index is -1.53. The normalized spacial score (nSPS) is 10.5. The number of carboxylic acids is 1. The highest BCUT2D eigenvalue weighted by atomic mass is 16.7. The van der Waals surface area contributed by atoms with Crippen LogP contribution in [0.2, 0.25) is 0 Å². The number of aromatic carboxylic acids is 1. The van der Waals surface area contributed by atoms with Gasteiger partial charge in [-0.3, -0.25) is 0 Å². The number of carbonyl (C=O) groups is 3. The van der Waals surface area contributed by atoms with E-state index >= 15 is 0 Å². The van der Waals surface area contributed by atoms with Crippen molar-refractivity contribution in [3.63, 3.8) is 0 Å². The maximum atomic E-state index is 12.0. The quantitative estimate of drug-likeness (QED) is 0.503. The Morgan fingerprint density at radius 3 is 2.20 bits per heavy atom. The van der Waals surface area contributed by atoms with Crippen molar-refractivity contribution in [1.82, 2.24) is 0 Å². The molecule has 0 heterocycles. The number of rotatable bonds is 5. The SMILES string of the molecule is C=CC(=O)OC(C)(C)OC(=O)c1ccccc1C(=O)O. The van der Waals surface area contributed by atoms with Gasteiger partial charge in [0.2, 0.25) is 0 Å². The van der Waals surface area contributed by atoms with Crippen molar-refractivity contribution in [2.45, 2.75) is 19.6 Å². The molecule has 106 valence electrons. The van der Waals surface area contributed by atoms with Gasteiger partial charge in [0, 0.05) is 19.9 Å². The molecule has 0 saturated heterocycles. The molecule has 0 atom stereocenters. The fourth-order valence-electron chi connectivity index (χ4n) is 1.43. The third-order valence-electron chi connectivity index (χ3n) is 2.23. The van der Waals surface area contributed by atoms with E-state index in [9.17, 15) is 14.4 Å². The van der Waals surface area contributed by atoms with Crippen LogP contribution in [0.15, 0.2) is 36.9 Å². The minimum Gasteiger partial charge on any atom is -0.478 e. The van der Waals surface area contributed by atoms with Crippen molar-refractivity contribution in [3.8, 4) is 0 Å². The summed E-state index contributed by atoms with van der Waals surface area (Å²) in [5.74, 6) is -4.44. The summed E-state index contributed by atoms with van der Waals surface area (Å²) in [6, 6.07) is 5.59.